The van der Waals surface area contributed by atoms with Gasteiger partial charge in [-0.05, 0) is 67.7 Å². The van der Waals surface area contributed by atoms with Crippen LogP contribution in [0.1, 0.15) is 28.8 Å². The molecule has 1 aromatic heterocycles. The number of rotatable bonds is 5. The standard InChI is InChI=1S/C23H27FN4O2/c1-26-20-7-6-18(13-21(20)27(2)23(26)30)22(29)25-14-16-8-10-28(11-9-16)15-17-4-3-5-19(24)12-17/h3-7,12-13,16H,8-11,14-15H2,1-2H3,(H,25,29). The minimum Gasteiger partial charge on any atom is -0.352 e. The summed E-state index contributed by atoms with van der Waals surface area (Å²) in [6.45, 7) is 3.27. The highest BCUT2D eigenvalue weighted by Gasteiger charge is 2.20. The molecule has 30 heavy (non-hydrogen) atoms. The molecule has 0 bridgehead atoms. The third kappa shape index (κ3) is 4.16. The molecule has 158 valence electrons. The first-order chi connectivity index (χ1) is 14.4. The molecule has 1 fully saturated rings. The molecule has 0 saturated carbocycles. The van der Waals surface area contributed by atoms with E-state index in [4.69, 9.17) is 0 Å². The lowest BCUT2D eigenvalue weighted by atomic mass is 9.96. The molecule has 1 saturated heterocycles. The number of hydrogen-bond donors (Lipinski definition) is 1. The highest BCUT2D eigenvalue weighted by molar-refractivity contribution is 5.97. The lowest BCUT2D eigenvalue weighted by Gasteiger charge is -2.32. The van der Waals surface area contributed by atoms with Gasteiger partial charge in [-0.1, -0.05) is 12.1 Å². The van der Waals surface area contributed by atoms with E-state index < -0.39 is 0 Å². The van der Waals surface area contributed by atoms with Crippen LogP contribution in [-0.4, -0.2) is 39.6 Å². The summed E-state index contributed by atoms with van der Waals surface area (Å²) >= 11 is 0. The Hall–Kier alpha value is -2.93. The molecule has 4 rings (SSSR count). The van der Waals surface area contributed by atoms with E-state index in [0.29, 0.717) is 18.0 Å². The number of nitrogens with one attached hydrogen (secondary N) is 1. The van der Waals surface area contributed by atoms with Crippen LogP contribution >= 0.6 is 0 Å². The van der Waals surface area contributed by atoms with Crippen molar-refractivity contribution in [3.8, 4) is 0 Å². The molecule has 1 aliphatic rings. The number of aromatic nitrogens is 2. The Morgan fingerprint density at radius 1 is 1.07 bits per heavy atom. The lowest BCUT2D eigenvalue weighted by Crippen LogP contribution is -2.38. The maximum absolute atomic E-state index is 13.4. The SMILES string of the molecule is Cn1c(=O)n(C)c2cc(C(=O)NCC3CCN(Cc4cccc(F)c4)CC3)ccc21. The zero-order chi connectivity index (χ0) is 21.3. The molecule has 0 aliphatic carbocycles. The second-order valence-corrected chi connectivity index (χ2v) is 8.16. The van der Waals surface area contributed by atoms with Gasteiger partial charge in [0.25, 0.3) is 5.91 Å². The molecule has 1 amide bonds. The molecule has 3 aromatic rings. The number of aryl methyl sites for hydroxylation is 2. The Morgan fingerprint density at radius 2 is 1.80 bits per heavy atom. The van der Waals surface area contributed by atoms with Crippen LogP contribution < -0.4 is 11.0 Å². The first-order valence-electron chi connectivity index (χ1n) is 10.3. The molecule has 2 aromatic carbocycles. The zero-order valence-electron chi connectivity index (χ0n) is 17.4. The fourth-order valence-corrected chi connectivity index (χ4v) is 4.23. The fourth-order valence-electron chi connectivity index (χ4n) is 4.23. The number of amides is 1. The summed E-state index contributed by atoms with van der Waals surface area (Å²) in [6, 6.07) is 12.1. The predicted molar refractivity (Wildman–Crippen MR) is 115 cm³/mol. The Balaban J connectivity index is 1.30. The minimum absolute atomic E-state index is 0.104. The van der Waals surface area contributed by atoms with Gasteiger partial charge in [0.1, 0.15) is 5.82 Å². The van der Waals surface area contributed by atoms with Gasteiger partial charge in [-0.15, -0.1) is 0 Å². The quantitative estimate of drug-likeness (QED) is 0.704. The van der Waals surface area contributed by atoms with Crippen molar-refractivity contribution in [3.63, 3.8) is 0 Å². The molecule has 0 unspecified atom stereocenters. The van der Waals surface area contributed by atoms with Gasteiger partial charge < -0.3 is 5.32 Å². The maximum Gasteiger partial charge on any atom is 0.328 e. The van der Waals surface area contributed by atoms with Crippen molar-refractivity contribution in [2.75, 3.05) is 19.6 Å². The van der Waals surface area contributed by atoms with Crippen molar-refractivity contribution < 1.29 is 9.18 Å². The number of halogens is 1. The lowest BCUT2D eigenvalue weighted by molar-refractivity contribution is 0.0935. The first-order valence-corrected chi connectivity index (χ1v) is 10.3. The van der Waals surface area contributed by atoms with E-state index in [1.54, 1.807) is 47.5 Å². The number of imidazole rings is 1. The van der Waals surface area contributed by atoms with Crippen molar-refractivity contribution >= 4 is 16.9 Å². The number of carbonyl (C=O) groups is 1. The number of fused-ring (bicyclic) bond motifs is 1. The molecule has 1 N–H and O–H groups in total. The van der Waals surface area contributed by atoms with Crippen LogP contribution in [0.4, 0.5) is 4.39 Å². The van der Waals surface area contributed by atoms with Gasteiger partial charge in [0, 0.05) is 32.7 Å². The summed E-state index contributed by atoms with van der Waals surface area (Å²) in [5.41, 5.74) is 3.01. The van der Waals surface area contributed by atoms with Gasteiger partial charge in [0.2, 0.25) is 0 Å². The number of likely N-dealkylation sites (tertiary alicyclic amines) is 1. The second-order valence-electron chi connectivity index (χ2n) is 8.16. The highest BCUT2D eigenvalue weighted by Crippen LogP contribution is 2.19. The number of carbonyl (C=O) groups excluding carboxylic acids is 1. The monoisotopic (exact) mass is 410 g/mol. The average Bonchev–Trinajstić information content (AvgIpc) is 2.97. The number of piperidine rings is 1. The van der Waals surface area contributed by atoms with Crippen LogP contribution in [0.15, 0.2) is 47.3 Å². The first kappa shape index (κ1) is 20.3. The van der Waals surface area contributed by atoms with E-state index in [1.807, 2.05) is 12.1 Å². The molecular weight excluding hydrogens is 383 g/mol. The predicted octanol–water partition coefficient (Wildman–Crippen LogP) is 2.66. The van der Waals surface area contributed by atoms with E-state index in [2.05, 4.69) is 10.2 Å². The number of benzene rings is 2. The van der Waals surface area contributed by atoms with Gasteiger partial charge in [-0.25, -0.2) is 9.18 Å². The van der Waals surface area contributed by atoms with Crippen LogP contribution in [0.5, 0.6) is 0 Å². The van der Waals surface area contributed by atoms with Crippen LogP contribution in [-0.2, 0) is 20.6 Å². The van der Waals surface area contributed by atoms with Crippen LogP contribution in [0.25, 0.3) is 11.0 Å². The van der Waals surface area contributed by atoms with E-state index >= 15 is 0 Å². The van der Waals surface area contributed by atoms with E-state index in [9.17, 15) is 14.0 Å². The molecule has 6 nitrogen and oxygen atoms in total. The third-order valence-corrected chi connectivity index (χ3v) is 6.09. The zero-order valence-corrected chi connectivity index (χ0v) is 17.4. The summed E-state index contributed by atoms with van der Waals surface area (Å²) in [7, 11) is 3.44. The van der Waals surface area contributed by atoms with E-state index in [-0.39, 0.29) is 17.4 Å². The molecule has 0 atom stereocenters. The van der Waals surface area contributed by atoms with Crippen molar-refractivity contribution in [1.82, 2.24) is 19.4 Å². The minimum atomic E-state index is -0.196. The summed E-state index contributed by atoms with van der Waals surface area (Å²) < 4.78 is 16.5. The Kier molecular flexibility index (Phi) is 5.72. The van der Waals surface area contributed by atoms with Gasteiger partial charge >= 0.3 is 5.69 Å². The fraction of sp³-hybridized carbons (Fsp3) is 0.391. The largest absolute Gasteiger partial charge is 0.352 e. The number of hydrogen-bond acceptors (Lipinski definition) is 3. The van der Waals surface area contributed by atoms with Crippen molar-refractivity contribution in [1.29, 1.82) is 0 Å². The van der Waals surface area contributed by atoms with Crippen LogP contribution in [0.2, 0.25) is 0 Å². The summed E-state index contributed by atoms with van der Waals surface area (Å²) in [4.78, 5) is 27.0. The summed E-state index contributed by atoms with van der Waals surface area (Å²) in [6.07, 6.45) is 2.00. The van der Waals surface area contributed by atoms with Gasteiger partial charge in [-0.2, -0.15) is 0 Å². The van der Waals surface area contributed by atoms with Gasteiger partial charge in [0.05, 0.1) is 11.0 Å². The van der Waals surface area contributed by atoms with Crippen molar-refractivity contribution in [3.05, 3.63) is 69.9 Å². The Morgan fingerprint density at radius 3 is 2.53 bits per heavy atom. The average molecular weight is 410 g/mol. The molecule has 7 heteroatoms. The molecular formula is C23H27FN4O2. The molecule has 0 spiro atoms. The number of nitrogens with zero attached hydrogens (tertiary/aromatic N) is 3. The summed E-state index contributed by atoms with van der Waals surface area (Å²) in [5, 5.41) is 3.05. The Bertz CT molecular complexity index is 1130. The van der Waals surface area contributed by atoms with Gasteiger partial charge in [0.15, 0.2) is 0 Å². The molecule has 1 aliphatic heterocycles. The second kappa shape index (κ2) is 8.44. The van der Waals surface area contributed by atoms with E-state index in [0.717, 1.165) is 49.1 Å². The van der Waals surface area contributed by atoms with Crippen molar-refractivity contribution in [2.45, 2.75) is 19.4 Å². The molecule has 0 radical (unpaired) electrons. The van der Waals surface area contributed by atoms with Crippen LogP contribution in [0, 0.1) is 11.7 Å². The normalized spacial score (nSPS) is 15.6. The Labute approximate surface area is 174 Å². The summed E-state index contributed by atoms with van der Waals surface area (Å²) in [5.74, 6) is 0.122. The molecule has 2 heterocycles. The topological polar surface area (TPSA) is 59.3 Å². The van der Waals surface area contributed by atoms with E-state index in [1.165, 1.54) is 6.07 Å². The third-order valence-electron chi connectivity index (χ3n) is 6.09. The maximum atomic E-state index is 13.4. The van der Waals surface area contributed by atoms with Gasteiger partial charge in [-0.3, -0.25) is 18.8 Å². The van der Waals surface area contributed by atoms with Crippen LogP contribution in [0.3, 0.4) is 0 Å². The smallest absolute Gasteiger partial charge is 0.328 e. The highest BCUT2D eigenvalue weighted by atomic mass is 19.1. The van der Waals surface area contributed by atoms with Crippen molar-refractivity contribution in [2.24, 2.45) is 20.0 Å².